The van der Waals surface area contributed by atoms with Gasteiger partial charge in [-0.2, -0.15) is 0 Å². The minimum atomic E-state index is -0.243. The average Bonchev–Trinajstić information content (AvgIpc) is 3.35. The van der Waals surface area contributed by atoms with Crippen molar-refractivity contribution in [1.82, 2.24) is 24.5 Å². The first-order chi connectivity index (χ1) is 14.6. The fraction of sp³-hybridized carbons (Fsp3) is 0.0909. The summed E-state index contributed by atoms with van der Waals surface area (Å²) in [5, 5.41) is 9.06. The summed E-state index contributed by atoms with van der Waals surface area (Å²) in [6, 6.07) is 12.3. The number of methoxy groups -OCH3 is 1. The van der Waals surface area contributed by atoms with Gasteiger partial charge in [0.15, 0.2) is 5.69 Å². The molecule has 0 fully saturated rings. The largest absolute Gasteiger partial charge is 0.497 e. The van der Waals surface area contributed by atoms with Crippen LogP contribution in [0.1, 0.15) is 33.1 Å². The zero-order valence-electron chi connectivity index (χ0n) is 15.8. The molecule has 0 bridgehead atoms. The van der Waals surface area contributed by atoms with Crippen molar-refractivity contribution in [2.24, 2.45) is 0 Å². The van der Waals surface area contributed by atoms with Crippen LogP contribution in [0, 0.1) is 12.3 Å². The number of hydrogen-bond donors (Lipinski definition) is 0. The molecule has 0 saturated heterocycles. The van der Waals surface area contributed by atoms with Gasteiger partial charge in [0.2, 0.25) is 5.78 Å². The number of fused-ring (bicyclic) bond motifs is 5. The molecule has 5 rings (SSSR count). The van der Waals surface area contributed by atoms with Crippen molar-refractivity contribution in [3.63, 3.8) is 0 Å². The van der Waals surface area contributed by atoms with E-state index < -0.39 is 0 Å². The quantitative estimate of drug-likeness (QED) is 0.334. The zero-order chi connectivity index (χ0) is 20.8. The van der Waals surface area contributed by atoms with E-state index in [-0.39, 0.29) is 11.5 Å². The Morgan fingerprint density at radius 3 is 2.70 bits per heavy atom. The zero-order valence-corrected chi connectivity index (χ0v) is 16.6. The van der Waals surface area contributed by atoms with Crippen molar-refractivity contribution in [3.05, 3.63) is 82.2 Å². The number of carbonyl (C=O) groups excluding carboxylic acids is 1. The molecule has 1 aliphatic rings. The second-order valence-corrected chi connectivity index (χ2v) is 7.15. The number of nitrogens with zero attached hydrogens (tertiary/aromatic N) is 5. The molecule has 0 amide bonds. The standard InChI is InChI=1S/C22H14ClN5O2/c1-3-16-18-11-20-21(22(29)13-4-6-14(23)7-5-13)25-26-28(20)19-10-15(30-2)8-9-17(19)27(18)12-24-16/h1,4-10,12H,11H2,2H3. The van der Waals surface area contributed by atoms with Crippen molar-refractivity contribution in [2.45, 2.75) is 6.42 Å². The second-order valence-electron chi connectivity index (χ2n) is 6.72. The Hall–Kier alpha value is -3.89. The lowest BCUT2D eigenvalue weighted by atomic mass is 10.0. The topological polar surface area (TPSA) is 74.8 Å². The molecule has 0 aliphatic carbocycles. The average molecular weight is 416 g/mol. The number of hydrogen-bond acceptors (Lipinski definition) is 5. The van der Waals surface area contributed by atoms with Crippen LogP contribution in [0.15, 0.2) is 48.8 Å². The normalized spacial score (nSPS) is 11.6. The number of halogens is 1. The lowest BCUT2D eigenvalue weighted by Gasteiger charge is -2.11. The number of ketones is 1. The van der Waals surface area contributed by atoms with Crippen LogP contribution in [0.2, 0.25) is 5.02 Å². The van der Waals surface area contributed by atoms with Gasteiger partial charge in [-0.25, -0.2) is 9.67 Å². The van der Waals surface area contributed by atoms with Crippen molar-refractivity contribution in [2.75, 3.05) is 7.11 Å². The second kappa shape index (κ2) is 6.87. The van der Waals surface area contributed by atoms with Crippen LogP contribution in [0.5, 0.6) is 5.75 Å². The maximum atomic E-state index is 13.2. The highest BCUT2D eigenvalue weighted by molar-refractivity contribution is 6.30. The molecular weight excluding hydrogens is 402 g/mol. The summed E-state index contributed by atoms with van der Waals surface area (Å²) in [5.74, 6) is 3.03. The van der Waals surface area contributed by atoms with Crippen molar-refractivity contribution in [3.8, 4) is 29.5 Å². The molecule has 0 N–H and O–H groups in total. The number of rotatable bonds is 3. The summed E-state index contributed by atoms with van der Waals surface area (Å²) >= 11 is 5.96. The molecule has 30 heavy (non-hydrogen) atoms. The van der Waals surface area contributed by atoms with Gasteiger partial charge in [0.05, 0.1) is 29.9 Å². The Kier molecular flexibility index (Phi) is 4.16. The number of ether oxygens (including phenoxy) is 1. The Morgan fingerprint density at radius 1 is 1.17 bits per heavy atom. The van der Waals surface area contributed by atoms with Crippen LogP contribution in [-0.2, 0) is 6.42 Å². The van der Waals surface area contributed by atoms with Gasteiger partial charge in [0, 0.05) is 23.1 Å². The minimum Gasteiger partial charge on any atom is -0.497 e. The number of terminal acetylenes is 1. The molecule has 3 heterocycles. The molecule has 2 aromatic carbocycles. The van der Waals surface area contributed by atoms with Crippen LogP contribution in [0.3, 0.4) is 0 Å². The molecule has 2 aromatic heterocycles. The maximum absolute atomic E-state index is 13.2. The van der Waals surface area contributed by atoms with E-state index in [1.54, 1.807) is 42.4 Å². The van der Waals surface area contributed by atoms with Gasteiger partial charge in [0.25, 0.3) is 0 Å². The summed E-state index contributed by atoms with van der Waals surface area (Å²) in [6.07, 6.45) is 7.69. The van der Waals surface area contributed by atoms with Gasteiger partial charge in [-0.05, 0) is 42.3 Å². The van der Waals surface area contributed by atoms with Crippen molar-refractivity contribution >= 4 is 17.4 Å². The number of benzene rings is 2. The molecule has 0 atom stereocenters. The number of imidazole rings is 1. The fourth-order valence-corrected chi connectivity index (χ4v) is 3.73. The van der Waals surface area contributed by atoms with E-state index in [9.17, 15) is 4.79 Å². The Labute approximate surface area is 176 Å². The van der Waals surface area contributed by atoms with Gasteiger partial charge in [0.1, 0.15) is 17.8 Å². The third-order valence-electron chi connectivity index (χ3n) is 5.09. The predicted octanol–water partition coefficient (Wildman–Crippen LogP) is 3.23. The summed E-state index contributed by atoms with van der Waals surface area (Å²) in [4.78, 5) is 17.5. The third kappa shape index (κ3) is 2.70. The van der Waals surface area contributed by atoms with Gasteiger partial charge >= 0.3 is 0 Å². The predicted molar refractivity (Wildman–Crippen MR) is 111 cm³/mol. The molecule has 0 unspecified atom stereocenters. The monoisotopic (exact) mass is 415 g/mol. The van der Waals surface area contributed by atoms with E-state index in [1.807, 2.05) is 22.8 Å². The van der Waals surface area contributed by atoms with E-state index in [1.165, 1.54) is 0 Å². The van der Waals surface area contributed by atoms with Crippen molar-refractivity contribution < 1.29 is 9.53 Å². The summed E-state index contributed by atoms with van der Waals surface area (Å²) in [6.45, 7) is 0. The lowest BCUT2D eigenvalue weighted by molar-refractivity contribution is 0.103. The molecule has 146 valence electrons. The van der Waals surface area contributed by atoms with Gasteiger partial charge in [-0.1, -0.05) is 16.8 Å². The highest BCUT2D eigenvalue weighted by atomic mass is 35.5. The first-order valence-electron chi connectivity index (χ1n) is 9.07. The molecular formula is C22H14ClN5O2. The van der Waals surface area contributed by atoms with Crippen LogP contribution in [-0.4, -0.2) is 37.4 Å². The lowest BCUT2D eigenvalue weighted by Crippen LogP contribution is -2.09. The molecule has 1 aliphatic heterocycles. The molecule has 0 saturated carbocycles. The van der Waals surface area contributed by atoms with Crippen LogP contribution < -0.4 is 4.74 Å². The SMILES string of the molecule is C#Cc1ncn2c1Cc1c(C(=O)c3ccc(Cl)cc3)nnn1-c1cc(OC)ccc1-2. The van der Waals surface area contributed by atoms with E-state index in [2.05, 4.69) is 21.2 Å². The fourth-order valence-electron chi connectivity index (χ4n) is 3.60. The third-order valence-corrected chi connectivity index (χ3v) is 5.35. The molecule has 0 spiro atoms. The Morgan fingerprint density at radius 2 is 1.97 bits per heavy atom. The minimum absolute atomic E-state index is 0.243. The maximum Gasteiger partial charge on any atom is 0.215 e. The molecule has 4 aromatic rings. The number of aromatic nitrogens is 5. The van der Waals surface area contributed by atoms with Crippen LogP contribution in [0.4, 0.5) is 0 Å². The van der Waals surface area contributed by atoms with E-state index in [4.69, 9.17) is 22.8 Å². The van der Waals surface area contributed by atoms with Gasteiger partial charge in [-0.15, -0.1) is 11.5 Å². The van der Waals surface area contributed by atoms with E-state index >= 15 is 0 Å². The summed E-state index contributed by atoms with van der Waals surface area (Å²) in [5.41, 5.74) is 4.18. The first-order valence-corrected chi connectivity index (χ1v) is 9.45. The van der Waals surface area contributed by atoms with E-state index in [0.29, 0.717) is 39.8 Å². The van der Waals surface area contributed by atoms with Gasteiger partial charge in [-0.3, -0.25) is 9.36 Å². The Balaban J connectivity index is 1.74. The van der Waals surface area contributed by atoms with Crippen LogP contribution in [0.25, 0.3) is 11.4 Å². The highest BCUT2D eigenvalue weighted by Crippen LogP contribution is 2.32. The molecule has 0 radical (unpaired) electrons. The summed E-state index contributed by atoms with van der Waals surface area (Å²) < 4.78 is 8.96. The van der Waals surface area contributed by atoms with Crippen molar-refractivity contribution in [1.29, 1.82) is 0 Å². The Bertz CT molecular complexity index is 1350. The molecule has 7 nitrogen and oxygen atoms in total. The smallest absolute Gasteiger partial charge is 0.215 e. The van der Waals surface area contributed by atoms with Gasteiger partial charge < -0.3 is 4.74 Å². The first kappa shape index (κ1) is 18.2. The van der Waals surface area contributed by atoms with E-state index in [0.717, 1.165) is 11.4 Å². The number of carbonyl (C=O) groups is 1. The highest BCUT2D eigenvalue weighted by Gasteiger charge is 2.29. The van der Waals surface area contributed by atoms with Crippen LogP contribution >= 0.6 is 11.6 Å². The summed E-state index contributed by atoms with van der Waals surface area (Å²) in [7, 11) is 1.59. The molecule has 8 heteroatoms.